The molecule has 0 saturated heterocycles. The highest BCUT2D eigenvalue weighted by Gasteiger charge is 2.44. The fourth-order valence-electron chi connectivity index (χ4n) is 1.96. The molecule has 0 spiro atoms. The molecule has 16 heavy (non-hydrogen) atoms. The lowest BCUT2D eigenvalue weighted by atomic mass is 9.85. The van der Waals surface area contributed by atoms with Crippen molar-refractivity contribution < 1.29 is 4.79 Å². The van der Waals surface area contributed by atoms with Crippen molar-refractivity contribution in [2.75, 3.05) is 5.32 Å². The van der Waals surface area contributed by atoms with Gasteiger partial charge in [-0.05, 0) is 18.1 Å². The fraction of sp³-hybridized carbons (Fsp3) is 0.625. The minimum absolute atomic E-state index is 0.184. The quantitative estimate of drug-likeness (QED) is 0.775. The number of nitrogens with zero attached hydrogens (tertiary/aromatic N) is 3. The van der Waals surface area contributed by atoms with Gasteiger partial charge < -0.3 is 5.73 Å². The fourth-order valence-corrected chi connectivity index (χ4v) is 2.62. The second-order valence-electron chi connectivity index (χ2n) is 3.78. The van der Waals surface area contributed by atoms with Crippen LogP contribution in [-0.4, -0.2) is 25.7 Å². The first-order valence-corrected chi connectivity index (χ1v) is 6.10. The van der Waals surface area contributed by atoms with Crippen LogP contribution >= 0.6 is 23.8 Å². The molecule has 1 aliphatic carbocycles. The van der Waals surface area contributed by atoms with Gasteiger partial charge in [-0.1, -0.05) is 34.6 Å². The Morgan fingerprint density at radius 1 is 1.50 bits per heavy atom. The molecule has 0 unspecified atom stereocenters. The third kappa shape index (κ3) is 1.90. The molecule has 86 valence electrons. The molecule has 3 N–H and O–H groups in total. The highest BCUT2D eigenvalue weighted by Crippen LogP contribution is 2.39. The van der Waals surface area contributed by atoms with Gasteiger partial charge in [0, 0.05) is 11.5 Å². The van der Waals surface area contributed by atoms with E-state index in [0.29, 0.717) is 18.0 Å². The molecule has 2 rings (SSSR count). The number of carbonyl (C=O) groups excluding carboxylic acids is 1. The van der Waals surface area contributed by atoms with Crippen molar-refractivity contribution in [3.05, 3.63) is 0 Å². The van der Waals surface area contributed by atoms with Crippen LogP contribution in [0, 0.1) is 5.41 Å². The standard InChI is InChI=1S/C8H11N5OS2/c9-5(15)8(3-1-2-4-8)6(14)10-7-11-12-13-16-7/h1-4H2,(H2,9,15)(H,10,11,13,14). The number of carbonyl (C=O) groups is 1. The van der Waals surface area contributed by atoms with Crippen LogP contribution in [0.4, 0.5) is 5.13 Å². The van der Waals surface area contributed by atoms with Crippen molar-refractivity contribution in [1.82, 2.24) is 14.8 Å². The first-order chi connectivity index (χ1) is 7.65. The summed E-state index contributed by atoms with van der Waals surface area (Å²) in [5, 5.41) is 10.1. The van der Waals surface area contributed by atoms with Crippen molar-refractivity contribution in [3.63, 3.8) is 0 Å². The van der Waals surface area contributed by atoms with Crippen molar-refractivity contribution in [2.45, 2.75) is 25.7 Å². The molecule has 0 radical (unpaired) electrons. The summed E-state index contributed by atoms with van der Waals surface area (Å²) in [5.74, 6) is -0.184. The molecule has 1 fully saturated rings. The van der Waals surface area contributed by atoms with Crippen LogP contribution in [0.1, 0.15) is 25.7 Å². The number of nitrogens with one attached hydrogen (secondary N) is 1. The number of amides is 1. The lowest BCUT2D eigenvalue weighted by Gasteiger charge is -2.25. The van der Waals surface area contributed by atoms with Crippen LogP contribution in [0.2, 0.25) is 0 Å². The molecule has 0 bridgehead atoms. The molecular formula is C8H11N5OS2. The average molecular weight is 257 g/mol. The summed E-state index contributed by atoms with van der Waals surface area (Å²) in [6, 6.07) is 0. The predicted octanol–water partition coefficient (Wildman–Crippen LogP) is 0.718. The second kappa shape index (κ2) is 4.38. The SMILES string of the molecule is NC(=S)C1(C(=O)Nc2nnns2)CCCC1. The van der Waals surface area contributed by atoms with Crippen LogP contribution in [0.15, 0.2) is 0 Å². The van der Waals surface area contributed by atoms with E-state index in [1.807, 2.05) is 0 Å². The number of aromatic nitrogens is 3. The van der Waals surface area contributed by atoms with Crippen LogP contribution in [0.3, 0.4) is 0 Å². The smallest absolute Gasteiger partial charge is 0.239 e. The molecule has 1 saturated carbocycles. The molecule has 0 aliphatic heterocycles. The van der Waals surface area contributed by atoms with E-state index in [9.17, 15) is 4.79 Å². The van der Waals surface area contributed by atoms with Gasteiger partial charge in [-0.25, -0.2) is 0 Å². The van der Waals surface area contributed by atoms with Gasteiger partial charge in [0.15, 0.2) is 0 Å². The van der Waals surface area contributed by atoms with Crippen LogP contribution in [-0.2, 0) is 4.79 Å². The zero-order valence-electron chi connectivity index (χ0n) is 8.47. The number of hydrogen-bond donors (Lipinski definition) is 2. The van der Waals surface area contributed by atoms with E-state index in [0.717, 1.165) is 24.4 Å². The second-order valence-corrected chi connectivity index (χ2v) is 4.95. The number of nitrogens with two attached hydrogens (primary N) is 1. The zero-order chi connectivity index (χ0) is 11.6. The van der Waals surface area contributed by atoms with Gasteiger partial charge in [0.1, 0.15) is 0 Å². The van der Waals surface area contributed by atoms with Crippen molar-refractivity contribution >= 4 is 39.8 Å². The maximum atomic E-state index is 12.1. The average Bonchev–Trinajstić information content (AvgIpc) is 2.87. The Kier molecular flexibility index (Phi) is 3.10. The van der Waals surface area contributed by atoms with Crippen LogP contribution < -0.4 is 11.1 Å². The summed E-state index contributed by atoms with van der Waals surface area (Å²) in [6.07, 6.45) is 3.36. The van der Waals surface area contributed by atoms with Gasteiger partial charge in [0.05, 0.1) is 10.4 Å². The predicted molar refractivity (Wildman–Crippen MR) is 64.0 cm³/mol. The molecule has 8 heteroatoms. The monoisotopic (exact) mass is 257 g/mol. The Hall–Kier alpha value is -1.15. The molecular weight excluding hydrogens is 246 g/mol. The summed E-state index contributed by atoms with van der Waals surface area (Å²) < 4.78 is 3.57. The highest BCUT2D eigenvalue weighted by atomic mass is 32.1. The van der Waals surface area contributed by atoms with Crippen molar-refractivity contribution in [2.24, 2.45) is 11.1 Å². The number of thiocarbonyl (C=S) groups is 1. The Balaban J connectivity index is 2.15. The molecule has 1 amide bonds. The summed E-state index contributed by atoms with van der Waals surface area (Å²) in [7, 11) is 0. The molecule has 1 aromatic rings. The summed E-state index contributed by atoms with van der Waals surface area (Å²) in [5.41, 5.74) is 4.98. The number of hydrogen-bond acceptors (Lipinski definition) is 6. The minimum Gasteiger partial charge on any atom is -0.392 e. The van der Waals surface area contributed by atoms with E-state index in [1.54, 1.807) is 0 Å². The Morgan fingerprint density at radius 2 is 2.19 bits per heavy atom. The first-order valence-electron chi connectivity index (χ1n) is 4.91. The van der Waals surface area contributed by atoms with E-state index in [2.05, 4.69) is 20.1 Å². The van der Waals surface area contributed by atoms with Gasteiger partial charge >= 0.3 is 0 Å². The Morgan fingerprint density at radius 3 is 2.69 bits per heavy atom. The van der Waals surface area contributed by atoms with Crippen LogP contribution in [0.25, 0.3) is 0 Å². The maximum absolute atomic E-state index is 12.1. The van der Waals surface area contributed by atoms with Gasteiger partial charge in [0.2, 0.25) is 11.0 Å². The van der Waals surface area contributed by atoms with Gasteiger partial charge in [-0.15, -0.1) is 0 Å². The zero-order valence-corrected chi connectivity index (χ0v) is 10.1. The lowest BCUT2D eigenvalue weighted by molar-refractivity contribution is -0.122. The normalized spacial score (nSPS) is 18.2. The summed E-state index contributed by atoms with van der Waals surface area (Å²) in [6.45, 7) is 0. The molecule has 1 aliphatic rings. The van der Waals surface area contributed by atoms with E-state index >= 15 is 0 Å². The van der Waals surface area contributed by atoms with Crippen LogP contribution in [0.5, 0.6) is 0 Å². The van der Waals surface area contributed by atoms with E-state index < -0.39 is 5.41 Å². The molecule has 0 aromatic carbocycles. The topological polar surface area (TPSA) is 93.8 Å². The van der Waals surface area contributed by atoms with Crippen molar-refractivity contribution in [3.8, 4) is 0 Å². The minimum atomic E-state index is -0.707. The Labute approximate surface area is 102 Å². The molecule has 1 heterocycles. The van der Waals surface area contributed by atoms with Gasteiger partial charge in [-0.3, -0.25) is 10.1 Å². The van der Waals surface area contributed by atoms with E-state index in [-0.39, 0.29) is 10.9 Å². The third-order valence-electron chi connectivity index (χ3n) is 2.88. The summed E-state index contributed by atoms with van der Waals surface area (Å²) >= 11 is 6.04. The molecule has 1 aromatic heterocycles. The highest BCUT2D eigenvalue weighted by molar-refractivity contribution is 7.80. The van der Waals surface area contributed by atoms with Gasteiger partial charge in [-0.2, -0.15) is 0 Å². The molecule has 0 atom stereocenters. The van der Waals surface area contributed by atoms with E-state index in [1.165, 1.54) is 0 Å². The number of anilines is 1. The molecule has 6 nitrogen and oxygen atoms in total. The van der Waals surface area contributed by atoms with Gasteiger partial charge in [0.25, 0.3) is 0 Å². The van der Waals surface area contributed by atoms with E-state index in [4.69, 9.17) is 18.0 Å². The Bertz CT molecular complexity index is 399. The first kappa shape index (κ1) is 11.3. The number of rotatable bonds is 3. The largest absolute Gasteiger partial charge is 0.392 e. The van der Waals surface area contributed by atoms with Crippen molar-refractivity contribution in [1.29, 1.82) is 0 Å². The lowest BCUT2D eigenvalue weighted by Crippen LogP contribution is -2.43. The summed E-state index contributed by atoms with van der Waals surface area (Å²) in [4.78, 5) is 12.4. The maximum Gasteiger partial charge on any atom is 0.239 e. The third-order valence-corrected chi connectivity index (χ3v) is 3.79.